The molecule has 1 nitrogen and oxygen atoms in total. The molecule has 0 radical (unpaired) electrons. The summed E-state index contributed by atoms with van der Waals surface area (Å²) >= 11 is 6.94. The summed E-state index contributed by atoms with van der Waals surface area (Å²) in [6.07, 6.45) is 1.75. The number of rotatable bonds is 3. The fourth-order valence-electron chi connectivity index (χ4n) is 1.79. The predicted molar refractivity (Wildman–Crippen MR) is 78.4 cm³/mol. The highest BCUT2D eigenvalue weighted by atomic mass is 79.9. The van der Waals surface area contributed by atoms with Gasteiger partial charge in [-0.25, -0.2) is 4.39 Å². The van der Waals surface area contributed by atoms with Crippen LogP contribution in [0.15, 0.2) is 47.1 Å². The normalized spacial score (nSPS) is 14.2. The van der Waals surface area contributed by atoms with Crippen LogP contribution in [0.25, 0.3) is 0 Å². The highest BCUT2D eigenvalue weighted by Gasteiger charge is 2.22. The maximum atomic E-state index is 13.8. The molecule has 1 aromatic carbocycles. The minimum absolute atomic E-state index is 0.0926. The summed E-state index contributed by atoms with van der Waals surface area (Å²) in [5.41, 5.74) is 1.58. The molecule has 0 N–H and O–H groups in total. The molecule has 2 unspecified atom stereocenters. The van der Waals surface area contributed by atoms with E-state index in [4.69, 9.17) is 0 Å². The van der Waals surface area contributed by atoms with E-state index in [1.807, 2.05) is 25.1 Å². The lowest BCUT2D eigenvalue weighted by molar-refractivity contribution is 0.593. The van der Waals surface area contributed by atoms with E-state index in [2.05, 4.69) is 36.8 Å². The van der Waals surface area contributed by atoms with Crippen molar-refractivity contribution in [2.75, 3.05) is 0 Å². The van der Waals surface area contributed by atoms with E-state index in [1.165, 1.54) is 6.07 Å². The molecule has 18 heavy (non-hydrogen) atoms. The Morgan fingerprint density at radius 3 is 2.67 bits per heavy atom. The van der Waals surface area contributed by atoms with Crippen LogP contribution in [0.3, 0.4) is 0 Å². The van der Waals surface area contributed by atoms with Crippen molar-refractivity contribution in [2.24, 2.45) is 0 Å². The van der Waals surface area contributed by atoms with Crippen LogP contribution in [0, 0.1) is 5.82 Å². The van der Waals surface area contributed by atoms with E-state index in [9.17, 15) is 4.39 Å². The molecule has 0 fully saturated rings. The van der Waals surface area contributed by atoms with Crippen LogP contribution in [0.1, 0.15) is 28.9 Å². The standard InChI is InChI=1S/C14H12Br2FN/c1-9(13-4-2-3-7-18-13)14(16)11-8-10(15)5-6-12(11)17/h2-9,14H,1H3. The zero-order valence-corrected chi connectivity index (χ0v) is 12.9. The number of hydrogen-bond donors (Lipinski definition) is 0. The van der Waals surface area contributed by atoms with Crippen molar-refractivity contribution in [3.8, 4) is 0 Å². The Morgan fingerprint density at radius 2 is 2.00 bits per heavy atom. The lowest BCUT2D eigenvalue weighted by Gasteiger charge is -2.19. The fourth-order valence-corrected chi connectivity index (χ4v) is 2.79. The van der Waals surface area contributed by atoms with Crippen molar-refractivity contribution in [1.29, 1.82) is 0 Å². The summed E-state index contributed by atoms with van der Waals surface area (Å²) in [4.78, 5) is 4.21. The Hall–Kier alpha value is -0.740. The number of alkyl halides is 1. The third kappa shape index (κ3) is 2.98. The molecule has 94 valence electrons. The van der Waals surface area contributed by atoms with Gasteiger partial charge >= 0.3 is 0 Å². The Morgan fingerprint density at radius 1 is 1.22 bits per heavy atom. The third-order valence-corrected chi connectivity index (χ3v) is 4.63. The van der Waals surface area contributed by atoms with Crippen LogP contribution >= 0.6 is 31.9 Å². The van der Waals surface area contributed by atoms with E-state index < -0.39 is 0 Å². The van der Waals surface area contributed by atoms with Crippen molar-refractivity contribution < 1.29 is 4.39 Å². The van der Waals surface area contributed by atoms with Crippen LogP contribution < -0.4 is 0 Å². The first-order valence-electron chi connectivity index (χ1n) is 5.59. The Labute approximate surface area is 123 Å². The Bertz CT molecular complexity index is 531. The Kier molecular flexibility index (Phi) is 4.51. The van der Waals surface area contributed by atoms with Crippen molar-refractivity contribution in [3.05, 3.63) is 64.1 Å². The fraction of sp³-hybridized carbons (Fsp3) is 0.214. The summed E-state index contributed by atoms with van der Waals surface area (Å²) in [7, 11) is 0. The molecule has 2 atom stereocenters. The van der Waals surface area contributed by atoms with E-state index in [-0.39, 0.29) is 16.6 Å². The van der Waals surface area contributed by atoms with Crippen molar-refractivity contribution >= 4 is 31.9 Å². The number of benzene rings is 1. The summed E-state index contributed by atoms with van der Waals surface area (Å²) in [5.74, 6) is -0.113. The summed E-state index contributed by atoms with van der Waals surface area (Å²) in [5, 5.41) is 0. The van der Waals surface area contributed by atoms with Crippen LogP contribution in [0.4, 0.5) is 4.39 Å². The number of nitrogens with zero attached hydrogens (tertiary/aromatic N) is 1. The molecule has 2 aromatic rings. The smallest absolute Gasteiger partial charge is 0.127 e. The second-order valence-electron chi connectivity index (χ2n) is 4.11. The van der Waals surface area contributed by atoms with E-state index in [1.54, 1.807) is 18.3 Å². The molecule has 1 heterocycles. The Balaban J connectivity index is 2.31. The van der Waals surface area contributed by atoms with Gasteiger partial charge in [0.1, 0.15) is 5.82 Å². The van der Waals surface area contributed by atoms with Gasteiger partial charge in [-0.1, -0.05) is 44.8 Å². The van der Waals surface area contributed by atoms with E-state index in [0.29, 0.717) is 5.56 Å². The van der Waals surface area contributed by atoms with Gasteiger partial charge in [-0.05, 0) is 30.3 Å². The van der Waals surface area contributed by atoms with Crippen LogP contribution in [0.5, 0.6) is 0 Å². The summed E-state index contributed by atoms with van der Waals surface area (Å²) in [6.45, 7) is 2.03. The number of aromatic nitrogens is 1. The summed E-state index contributed by atoms with van der Waals surface area (Å²) in [6, 6.07) is 10.7. The van der Waals surface area contributed by atoms with Crippen LogP contribution in [-0.2, 0) is 0 Å². The monoisotopic (exact) mass is 371 g/mol. The SMILES string of the molecule is CC(c1ccccn1)C(Br)c1cc(Br)ccc1F. The lowest BCUT2D eigenvalue weighted by atomic mass is 9.97. The molecular weight excluding hydrogens is 361 g/mol. The molecule has 0 saturated heterocycles. The highest BCUT2D eigenvalue weighted by Crippen LogP contribution is 2.38. The molecular formula is C14H12Br2FN. The van der Waals surface area contributed by atoms with Crippen molar-refractivity contribution in [3.63, 3.8) is 0 Å². The largest absolute Gasteiger partial charge is 0.261 e. The zero-order chi connectivity index (χ0) is 13.1. The van der Waals surface area contributed by atoms with Gasteiger partial charge in [0.15, 0.2) is 0 Å². The van der Waals surface area contributed by atoms with Gasteiger partial charge in [0.25, 0.3) is 0 Å². The van der Waals surface area contributed by atoms with Gasteiger partial charge < -0.3 is 0 Å². The molecule has 0 spiro atoms. The van der Waals surface area contributed by atoms with Crippen LogP contribution in [-0.4, -0.2) is 4.98 Å². The molecule has 0 aliphatic rings. The molecule has 4 heteroatoms. The van der Waals surface area contributed by atoms with Crippen molar-refractivity contribution in [2.45, 2.75) is 17.7 Å². The van der Waals surface area contributed by atoms with E-state index >= 15 is 0 Å². The number of hydrogen-bond acceptors (Lipinski definition) is 1. The minimum atomic E-state index is -0.206. The topological polar surface area (TPSA) is 12.9 Å². The first-order chi connectivity index (χ1) is 8.59. The second-order valence-corrected chi connectivity index (χ2v) is 6.01. The molecule has 0 amide bonds. The van der Waals surface area contributed by atoms with Gasteiger partial charge in [0.2, 0.25) is 0 Å². The molecule has 0 bridgehead atoms. The molecule has 2 rings (SSSR count). The average molecular weight is 373 g/mol. The lowest BCUT2D eigenvalue weighted by Crippen LogP contribution is -2.05. The second kappa shape index (κ2) is 5.93. The van der Waals surface area contributed by atoms with Crippen molar-refractivity contribution in [1.82, 2.24) is 4.98 Å². The third-order valence-electron chi connectivity index (χ3n) is 2.85. The van der Waals surface area contributed by atoms with Gasteiger partial charge in [-0.3, -0.25) is 4.98 Å². The van der Waals surface area contributed by atoms with E-state index in [0.717, 1.165) is 10.2 Å². The molecule has 1 aromatic heterocycles. The maximum absolute atomic E-state index is 13.8. The van der Waals surface area contributed by atoms with Gasteiger partial charge in [0, 0.05) is 27.8 Å². The van der Waals surface area contributed by atoms with Gasteiger partial charge in [0.05, 0.1) is 4.83 Å². The predicted octanol–water partition coefficient (Wildman–Crippen LogP) is 5.22. The molecule has 0 aliphatic carbocycles. The molecule has 0 aliphatic heterocycles. The number of pyridine rings is 1. The summed E-state index contributed by atoms with van der Waals surface area (Å²) < 4.78 is 14.7. The average Bonchev–Trinajstić information content (AvgIpc) is 2.41. The molecule has 0 saturated carbocycles. The number of halogens is 3. The highest BCUT2D eigenvalue weighted by molar-refractivity contribution is 9.10. The van der Waals surface area contributed by atoms with Gasteiger partial charge in [-0.15, -0.1) is 0 Å². The van der Waals surface area contributed by atoms with Gasteiger partial charge in [-0.2, -0.15) is 0 Å². The maximum Gasteiger partial charge on any atom is 0.127 e. The zero-order valence-electron chi connectivity index (χ0n) is 9.78. The minimum Gasteiger partial charge on any atom is -0.261 e. The van der Waals surface area contributed by atoms with Crippen LogP contribution in [0.2, 0.25) is 0 Å². The first kappa shape index (κ1) is 13.7. The quantitative estimate of drug-likeness (QED) is 0.673. The first-order valence-corrected chi connectivity index (χ1v) is 7.30.